The van der Waals surface area contributed by atoms with Crippen molar-refractivity contribution in [2.24, 2.45) is 0 Å². The van der Waals surface area contributed by atoms with Crippen LogP contribution in [0.2, 0.25) is 0 Å². The first kappa shape index (κ1) is 21.9. The van der Waals surface area contributed by atoms with Gasteiger partial charge in [-0.15, -0.1) is 0 Å². The molecule has 0 bridgehead atoms. The van der Waals surface area contributed by atoms with E-state index in [1.54, 1.807) is 26.4 Å². The van der Waals surface area contributed by atoms with Crippen LogP contribution >= 0.6 is 0 Å². The van der Waals surface area contributed by atoms with Crippen molar-refractivity contribution in [3.05, 3.63) is 71.9 Å². The molecule has 34 heavy (non-hydrogen) atoms. The second-order valence-corrected chi connectivity index (χ2v) is 8.23. The molecule has 1 atom stereocenters. The van der Waals surface area contributed by atoms with Gasteiger partial charge in [0.15, 0.2) is 0 Å². The number of hydrogen-bond acceptors (Lipinski definition) is 7. The van der Waals surface area contributed by atoms with Gasteiger partial charge in [0.1, 0.15) is 17.9 Å². The Morgan fingerprint density at radius 1 is 1.15 bits per heavy atom. The van der Waals surface area contributed by atoms with Crippen molar-refractivity contribution in [3.8, 4) is 16.9 Å². The van der Waals surface area contributed by atoms with Crippen LogP contribution in [0.1, 0.15) is 42.6 Å². The average Bonchev–Trinajstić information content (AvgIpc) is 3.26. The van der Waals surface area contributed by atoms with Gasteiger partial charge in [0, 0.05) is 41.2 Å². The summed E-state index contributed by atoms with van der Waals surface area (Å²) in [5.74, 6) is 1.17. The summed E-state index contributed by atoms with van der Waals surface area (Å²) >= 11 is 0. The van der Waals surface area contributed by atoms with Crippen LogP contribution in [0, 0.1) is 0 Å². The number of anilines is 1. The fourth-order valence-electron chi connectivity index (χ4n) is 4.63. The van der Waals surface area contributed by atoms with Crippen LogP contribution in [0.25, 0.3) is 16.8 Å². The lowest BCUT2D eigenvalue weighted by Gasteiger charge is -2.24. The second kappa shape index (κ2) is 9.51. The summed E-state index contributed by atoms with van der Waals surface area (Å²) in [6, 6.07) is 12.3. The summed E-state index contributed by atoms with van der Waals surface area (Å²) < 4.78 is 12.8. The second-order valence-electron chi connectivity index (χ2n) is 8.23. The Hall–Kier alpha value is -3.94. The lowest BCUT2D eigenvalue weighted by molar-refractivity contribution is -0.140. The van der Waals surface area contributed by atoms with Crippen molar-refractivity contribution in [2.45, 2.75) is 32.1 Å². The molecule has 0 radical (unpaired) electrons. The zero-order valence-electron chi connectivity index (χ0n) is 19.3. The number of fused-ring (bicyclic) bond motifs is 3. The molecule has 0 saturated carbocycles. The summed E-state index contributed by atoms with van der Waals surface area (Å²) in [7, 11) is 1.72. The maximum Gasteiger partial charge on any atom is 0.325 e. The normalized spacial score (nSPS) is 15.1. The lowest BCUT2D eigenvalue weighted by Crippen LogP contribution is -2.17. The molecular weight excluding hydrogens is 430 g/mol. The first-order valence-electron chi connectivity index (χ1n) is 11.5. The first-order chi connectivity index (χ1) is 16.7. The maximum absolute atomic E-state index is 11.5. The molecule has 0 fully saturated rings. The Morgan fingerprint density at radius 3 is 2.76 bits per heavy atom. The minimum Gasteiger partial charge on any atom is -0.496 e. The van der Waals surface area contributed by atoms with E-state index < -0.39 is 0 Å². The fourth-order valence-corrected chi connectivity index (χ4v) is 4.63. The smallest absolute Gasteiger partial charge is 0.325 e. The van der Waals surface area contributed by atoms with Crippen LogP contribution in [-0.4, -0.2) is 45.6 Å². The van der Waals surface area contributed by atoms with E-state index in [2.05, 4.69) is 38.0 Å². The van der Waals surface area contributed by atoms with E-state index in [0.29, 0.717) is 12.6 Å². The van der Waals surface area contributed by atoms with Crippen molar-refractivity contribution in [1.29, 1.82) is 0 Å². The predicted molar refractivity (Wildman–Crippen MR) is 129 cm³/mol. The highest BCUT2D eigenvalue weighted by atomic mass is 16.5. The number of methoxy groups -OCH3 is 1. The quantitative estimate of drug-likeness (QED) is 0.415. The topological polar surface area (TPSA) is 90.6 Å². The van der Waals surface area contributed by atoms with Gasteiger partial charge in [-0.1, -0.05) is 18.2 Å². The highest BCUT2D eigenvalue weighted by Gasteiger charge is 2.28. The zero-order valence-corrected chi connectivity index (χ0v) is 19.3. The highest BCUT2D eigenvalue weighted by molar-refractivity contribution is 5.74. The van der Waals surface area contributed by atoms with E-state index in [1.807, 2.05) is 24.3 Å². The highest BCUT2D eigenvalue weighted by Crippen LogP contribution is 2.41. The molecule has 1 aromatic carbocycles. The molecule has 0 spiro atoms. The molecule has 1 N–H and O–H groups in total. The van der Waals surface area contributed by atoms with Crippen LogP contribution in [0.4, 0.5) is 5.95 Å². The number of esters is 1. The SMILES string of the molecule is CCOC(=O)CNc1ncc(-c2ccc3nc4c(n3c2)[C@@H](c2ccccc2OC)CCC4)cn1. The largest absolute Gasteiger partial charge is 0.496 e. The monoisotopic (exact) mass is 457 g/mol. The van der Waals surface area contributed by atoms with Gasteiger partial charge in [0.25, 0.3) is 0 Å². The van der Waals surface area contributed by atoms with Crippen LogP contribution in [0.5, 0.6) is 5.75 Å². The number of nitrogens with zero attached hydrogens (tertiary/aromatic N) is 4. The Labute approximate surface area is 198 Å². The lowest BCUT2D eigenvalue weighted by atomic mass is 9.84. The molecule has 8 heteroatoms. The number of benzene rings is 1. The van der Waals surface area contributed by atoms with Crippen LogP contribution in [-0.2, 0) is 16.0 Å². The molecule has 8 nitrogen and oxygen atoms in total. The van der Waals surface area contributed by atoms with E-state index in [9.17, 15) is 4.79 Å². The summed E-state index contributed by atoms with van der Waals surface area (Å²) in [4.78, 5) is 25.2. The first-order valence-corrected chi connectivity index (χ1v) is 11.5. The third kappa shape index (κ3) is 4.19. The summed E-state index contributed by atoms with van der Waals surface area (Å²) in [6.07, 6.45) is 8.74. The molecule has 1 aliphatic carbocycles. The number of carbonyl (C=O) groups is 1. The molecule has 5 rings (SSSR count). The van der Waals surface area contributed by atoms with Crippen molar-refractivity contribution in [2.75, 3.05) is 25.6 Å². The van der Waals surface area contributed by atoms with Crippen molar-refractivity contribution in [1.82, 2.24) is 19.4 Å². The van der Waals surface area contributed by atoms with Gasteiger partial charge < -0.3 is 19.2 Å². The van der Waals surface area contributed by atoms with Gasteiger partial charge in [-0.25, -0.2) is 15.0 Å². The van der Waals surface area contributed by atoms with Crippen molar-refractivity contribution < 1.29 is 14.3 Å². The minimum absolute atomic E-state index is 0.0324. The van der Waals surface area contributed by atoms with E-state index >= 15 is 0 Å². The molecule has 3 heterocycles. The average molecular weight is 458 g/mol. The molecule has 0 unspecified atom stereocenters. The molecule has 4 aromatic rings. The standard InChI is InChI=1S/C26H27N5O3/c1-3-34-24(32)15-29-26-27-13-18(14-28-26)17-11-12-23-30-21-9-6-8-20(25(21)31(23)16-17)19-7-4-5-10-22(19)33-2/h4-5,7,10-14,16,20H,3,6,8-9,15H2,1-2H3,(H,27,28,29)/t20-/m1/s1. The van der Waals surface area contributed by atoms with Gasteiger partial charge >= 0.3 is 5.97 Å². The number of aryl methyl sites for hydroxylation is 1. The molecule has 0 aliphatic heterocycles. The van der Waals surface area contributed by atoms with Gasteiger partial charge in [-0.2, -0.15) is 0 Å². The van der Waals surface area contributed by atoms with Crippen molar-refractivity contribution >= 4 is 17.6 Å². The van der Waals surface area contributed by atoms with Crippen LogP contribution < -0.4 is 10.1 Å². The van der Waals surface area contributed by atoms with Gasteiger partial charge in [-0.3, -0.25) is 4.79 Å². The number of hydrogen-bond donors (Lipinski definition) is 1. The van der Waals surface area contributed by atoms with E-state index in [4.69, 9.17) is 14.5 Å². The Balaban J connectivity index is 1.47. The Bertz CT molecular complexity index is 1320. The summed E-state index contributed by atoms with van der Waals surface area (Å²) in [5, 5.41) is 2.89. The minimum atomic E-state index is -0.338. The maximum atomic E-state index is 11.5. The molecule has 0 amide bonds. The van der Waals surface area contributed by atoms with Crippen molar-refractivity contribution in [3.63, 3.8) is 0 Å². The number of rotatable bonds is 7. The van der Waals surface area contributed by atoms with E-state index in [-0.39, 0.29) is 18.4 Å². The van der Waals surface area contributed by atoms with E-state index in [1.165, 1.54) is 11.3 Å². The third-order valence-corrected chi connectivity index (χ3v) is 6.16. The third-order valence-electron chi connectivity index (χ3n) is 6.16. The number of imidazole rings is 1. The number of carbonyl (C=O) groups excluding carboxylic acids is 1. The zero-order chi connectivity index (χ0) is 23.5. The molecule has 1 aliphatic rings. The van der Waals surface area contributed by atoms with Crippen LogP contribution in [0.3, 0.4) is 0 Å². The number of ether oxygens (including phenoxy) is 2. The Kier molecular flexibility index (Phi) is 6.12. The molecular formula is C26H27N5O3. The molecule has 0 saturated heterocycles. The van der Waals surface area contributed by atoms with Gasteiger partial charge in [0.2, 0.25) is 5.95 Å². The number of pyridine rings is 1. The van der Waals surface area contributed by atoms with Crippen LogP contribution in [0.15, 0.2) is 55.0 Å². The van der Waals surface area contributed by atoms with E-state index in [0.717, 1.165) is 47.5 Å². The Morgan fingerprint density at radius 2 is 1.97 bits per heavy atom. The number of aromatic nitrogens is 4. The molecule has 174 valence electrons. The molecule has 3 aromatic heterocycles. The van der Waals surface area contributed by atoms with Gasteiger partial charge in [0.05, 0.1) is 25.1 Å². The number of nitrogens with one attached hydrogen (secondary N) is 1. The fraction of sp³-hybridized carbons (Fsp3) is 0.308. The van der Waals surface area contributed by atoms with Gasteiger partial charge in [-0.05, 0) is 44.4 Å². The summed E-state index contributed by atoms with van der Waals surface area (Å²) in [6.45, 7) is 2.15. The predicted octanol–water partition coefficient (Wildman–Crippen LogP) is 4.24. The summed E-state index contributed by atoms with van der Waals surface area (Å²) in [5.41, 5.74) is 6.38. The number of para-hydroxylation sites is 1.